The van der Waals surface area contributed by atoms with Gasteiger partial charge in [-0.15, -0.1) is 11.3 Å². The molecule has 0 unspecified atom stereocenters. The summed E-state index contributed by atoms with van der Waals surface area (Å²) in [5.74, 6) is 0. The van der Waals surface area contributed by atoms with Crippen LogP contribution in [0.1, 0.15) is 24.8 Å². The number of sulfonamides is 1. The van der Waals surface area contributed by atoms with Crippen molar-refractivity contribution < 1.29 is 8.42 Å². The van der Waals surface area contributed by atoms with Crippen LogP contribution in [0.15, 0.2) is 18.5 Å². The van der Waals surface area contributed by atoms with Gasteiger partial charge in [0.1, 0.15) is 5.01 Å². The van der Waals surface area contributed by atoms with E-state index in [1.807, 2.05) is 6.07 Å². The van der Waals surface area contributed by atoms with Crippen LogP contribution < -0.4 is 4.72 Å². The van der Waals surface area contributed by atoms with Crippen molar-refractivity contribution in [1.29, 1.82) is 0 Å². The third-order valence-corrected chi connectivity index (χ3v) is 6.52. The van der Waals surface area contributed by atoms with Crippen molar-refractivity contribution in [2.75, 3.05) is 0 Å². The molecular weight excluding hydrogens is 270 g/mol. The van der Waals surface area contributed by atoms with Crippen LogP contribution in [0.2, 0.25) is 0 Å². The number of nitrogens with one attached hydrogen (secondary N) is 1. The second-order valence-electron chi connectivity index (χ2n) is 4.73. The molecule has 0 spiro atoms. The molecule has 2 aromatic heterocycles. The fourth-order valence-corrected chi connectivity index (χ4v) is 3.96. The number of rotatable bonds is 4. The van der Waals surface area contributed by atoms with E-state index in [0.717, 1.165) is 28.1 Å². The summed E-state index contributed by atoms with van der Waals surface area (Å²) in [5, 5.41) is 0.769. The van der Waals surface area contributed by atoms with E-state index in [4.69, 9.17) is 0 Å². The zero-order valence-corrected chi connectivity index (χ0v) is 11.5. The van der Waals surface area contributed by atoms with Crippen molar-refractivity contribution in [2.24, 2.45) is 0 Å². The average molecular weight is 283 g/mol. The number of nitrogens with zero attached hydrogens (tertiary/aromatic N) is 2. The van der Waals surface area contributed by atoms with Crippen LogP contribution in [0.3, 0.4) is 0 Å². The standard InChI is InChI=1S/C11H13N3O2S2/c1-11(3-4-11)18(15,16)13-7-10-14-8-6-12-5-2-9(8)17-10/h2,5-6,13H,3-4,7H2,1H3. The first-order valence-electron chi connectivity index (χ1n) is 5.69. The molecule has 0 aliphatic heterocycles. The molecule has 2 aromatic rings. The Morgan fingerprint density at radius 2 is 2.28 bits per heavy atom. The summed E-state index contributed by atoms with van der Waals surface area (Å²) in [6.45, 7) is 2.04. The maximum atomic E-state index is 12.0. The summed E-state index contributed by atoms with van der Waals surface area (Å²) in [4.78, 5) is 8.34. The summed E-state index contributed by atoms with van der Waals surface area (Å²) in [5.41, 5.74) is 0.814. The van der Waals surface area contributed by atoms with Crippen molar-refractivity contribution in [2.45, 2.75) is 31.1 Å². The van der Waals surface area contributed by atoms with Gasteiger partial charge < -0.3 is 0 Å². The molecule has 5 nitrogen and oxygen atoms in total. The molecule has 3 rings (SSSR count). The van der Waals surface area contributed by atoms with Crippen molar-refractivity contribution in [3.8, 4) is 0 Å². The second kappa shape index (κ2) is 3.97. The van der Waals surface area contributed by atoms with Gasteiger partial charge in [0, 0.05) is 6.20 Å². The zero-order chi connectivity index (χ0) is 12.8. The number of hydrogen-bond acceptors (Lipinski definition) is 5. The third-order valence-electron chi connectivity index (χ3n) is 3.25. The molecule has 1 aliphatic carbocycles. The summed E-state index contributed by atoms with van der Waals surface area (Å²) in [6, 6.07) is 1.88. The fourth-order valence-electron chi connectivity index (χ4n) is 1.68. The number of aromatic nitrogens is 2. The van der Waals surface area contributed by atoms with Gasteiger partial charge in [0.05, 0.1) is 27.7 Å². The Hall–Kier alpha value is -1.05. The van der Waals surface area contributed by atoms with E-state index in [-0.39, 0.29) is 6.54 Å². The molecule has 0 amide bonds. The van der Waals surface area contributed by atoms with E-state index in [9.17, 15) is 8.42 Å². The van der Waals surface area contributed by atoms with Gasteiger partial charge in [0.15, 0.2) is 0 Å². The number of thiazole rings is 1. The van der Waals surface area contributed by atoms with Crippen molar-refractivity contribution in [1.82, 2.24) is 14.7 Å². The molecular formula is C11H13N3O2S2. The highest BCUT2D eigenvalue weighted by Gasteiger charge is 2.49. The van der Waals surface area contributed by atoms with Gasteiger partial charge >= 0.3 is 0 Å². The maximum Gasteiger partial charge on any atom is 0.217 e. The van der Waals surface area contributed by atoms with Crippen LogP contribution >= 0.6 is 11.3 Å². The van der Waals surface area contributed by atoms with Crippen LogP contribution in [0, 0.1) is 0 Å². The van der Waals surface area contributed by atoms with Crippen LogP contribution in [-0.4, -0.2) is 23.1 Å². The molecule has 0 saturated heterocycles. The smallest absolute Gasteiger partial charge is 0.217 e. The fraction of sp³-hybridized carbons (Fsp3) is 0.455. The zero-order valence-electron chi connectivity index (χ0n) is 9.88. The number of pyridine rings is 1. The number of fused-ring (bicyclic) bond motifs is 1. The van der Waals surface area contributed by atoms with Crippen molar-refractivity contribution in [3.05, 3.63) is 23.5 Å². The molecule has 0 bridgehead atoms. The Balaban J connectivity index is 1.77. The monoisotopic (exact) mass is 283 g/mol. The van der Waals surface area contributed by atoms with Crippen molar-refractivity contribution >= 4 is 31.6 Å². The van der Waals surface area contributed by atoms with Gasteiger partial charge in [-0.3, -0.25) is 4.98 Å². The Labute approximate surface area is 109 Å². The Morgan fingerprint density at radius 1 is 1.50 bits per heavy atom. The van der Waals surface area contributed by atoms with Gasteiger partial charge in [-0.25, -0.2) is 18.1 Å². The molecule has 0 aromatic carbocycles. The van der Waals surface area contributed by atoms with E-state index in [1.54, 1.807) is 19.3 Å². The van der Waals surface area contributed by atoms with Crippen LogP contribution in [0.25, 0.3) is 10.2 Å². The van der Waals surface area contributed by atoms with Crippen LogP contribution in [0.5, 0.6) is 0 Å². The summed E-state index contributed by atoms with van der Waals surface area (Å²) in [6.07, 6.45) is 4.88. The predicted molar refractivity (Wildman–Crippen MR) is 70.8 cm³/mol. The lowest BCUT2D eigenvalue weighted by Gasteiger charge is -2.10. The van der Waals surface area contributed by atoms with Crippen LogP contribution in [0.4, 0.5) is 0 Å². The molecule has 18 heavy (non-hydrogen) atoms. The second-order valence-corrected chi connectivity index (χ2v) is 8.12. The normalized spacial score (nSPS) is 18.1. The molecule has 1 N–H and O–H groups in total. The van der Waals surface area contributed by atoms with Gasteiger partial charge in [0.25, 0.3) is 0 Å². The summed E-state index contributed by atoms with van der Waals surface area (Å²) < 4.78 is 27.0. The van der Waals surface area contributed by atoms with Gasteiger partial charge in [-0.05, 0) is 25.8 Å². The molecule has 2 heterocycles. The quantitative estimate of drug-likeness (QED) is 0.926. The van der Waals surface area contributed by atoms with Gasteiger partial charge in [-0.2, -0.15) is 0 Å². The Bertz CT molecular complexity index is 656. The predicted octanol–water partition coefficient (Wildman–Crippen LogP) is 1.66. The topological polar surface area (TPSA) is 72.0 Å². The van der Waals surface area contributed by atoms with Crippen LogP contribution in [-0.2, 0) is 16.6 Å². The summed E-state index contributed by atoms with van der Waals surface area (Å²) >= 11 is 1.49. The molecule has 1 aliphatic rings. The lowest BCUT2D eigenvalue weighted by atomic mass is 10.5. The molecule has 96 valence electrons. The minimum atomic E-state index is -3.22. The van der Waals surface area contributed by atoms with E-state index in [2.05, 4.69) is 14.7 Å². The van der Waals surface area contributed by atoms with E-state index >= 15 is 0 Å². The van der Waals surface area contributed by atoms with Gasteiger partial charge in [-0.1, -0.05) is 0 Å². The maximum absolute atomic E-state index is 12.0. The first-order valence-corrected chi connectivity index (χ1v) is 7.99. The average Bonchev–Trinajstić information content (AvgIpc) is 2.96. The Morgan fingerprint density at radius 3 is 2.94 bits per heavy atom. The minimum absolute atomic E-state index is 0.261. The minimum Gasteiger partial charge on any atom is -0.262 e. The molecule has 7 heteroatoms. The highest BCUT2D eigenvalue weighted by atomic mass is 32.2. The number of hydrogen-bond donors (Lipinski definition) is 1. The van der Waals surface area contributed by atoms with E-state index in [0.29, 0.717) is 0 Å². The van der Waals surface area contributed by atoms with E-state index < -0.39 is 14.8 Å². The lowest BCUT2D eigenvalue weighted by molar-refractivity contribution is 0.566. The molecule has 1 fully saturated rings. The van der Waals surface area contributed by atoms with E-state index in [1.165, 1.54) is 11.3 Å². The highest BCUT2D eigenvalue weighted by molar-refractivity contribution is 7.91. The Kier molecular flexibility index (Phi) is 2.65. The van der Waals surface area contributed by atoms with Gasteiger partial charge in [0.2, 0.25) is 10.0 Å². The SMILES string of the molecule is CC1(S(=O)(=O)NCc2nc3cnccc3s2)CC1. The van der Waals surface area contributed by atoms with Crippen molar-refractivity contribution in [3.63, 3.8) is 0 Å². The largest absolute Gasteiger partial charge is 0.262 e. The highest BCUT2D eigenvalue weighted by Crippen LogP contribution is 2.42. The first kappa shape index (κ1) is 12.0. The molecule has 0 atom stereocenters. The summed E-state index contributed by atoms with van der Waals surface area (Å²) in [7, 11) is -3.22. The molecule has 0 radical (unpaired) electrons. The third kappa shape index (κ3) is 2.02. The molecule has 1 saturated carbocycles. The lowest BCUT2D eigenvalue weighted by Crippen LogP contribution is -2.33. The first-order chi connectivity index (χ1) is 8.50.